The summed E-state index contributed by atoms with van der Waals surface area (Å²) < 4.78 is 0. The van der Waals surface area contributed by atoms with Gasteiger partial charge in [-0.1, -0.05) is 32.8 Å². The molecule has 2 atom stereocenters. The maximum absolute atomic E-state index is 12.6. The number of likely N-dealkylation sites (tertiary alicyclic amines) is 1. The molecule has 4 nitrogen and oxygen atoms in total. The number of amides is 2. The Morgan fingerprint density at radius 1 is 1.50 bits per heavy atom. The van der Waals surface area contributed by atoms with Crippen LogP contribution in [0.25, 0.3) is 0 Å². The van der Waals surface area contributed by atoms with Crippen LogP contribution in [0.2, 0.25) is 0 Å². The van der Waals surface area contributed by atoms with E-state index < -0.39 is 0 Å². The fourth-order valence-electron chi connectivity index (χ4n) is 3.27. The monoisotopic (exact) mass is 324 g/mol. The molecule has 124 valence electrons. The largest absolute Gasteiger partial charge is 0.396 e. The lowest BCUT2D eigenvalue weighted by atomic mass is 9.93. The third kappa shape index (κ3) is 4.23. The first-order valence-electron chi connectivity index (χ1n) is 8.39. The molecule has 0 spiro atoms. The molecule has 2 heterocycles. The Morgan fingerprint density at radius 3 is 2.86 bits per heavy atom. The average molecular weight is 324 g/mol. The van der Waals surface area contributed by atoms with E-state index in [2.05, 4.69) is 30.6 Å². The third-order valence-electron chi connectivity index (χ3n) is 4.71. The van der Waals surface area contributed by atoms with Crippen molar-refractivity contribution in [3.8, 4) is 0 Å². The number of hydrogen-bond acceptors (Lipinski definition) is 3. The Kier molecular flexibility index (Phi) is 6.70. The molecular formula is C17H28N2O2S. The SMILES string of the molecule is CCC(CC)C(NC(=O)N1CCCC(CO)C1)c1cccs1. The number of aliphatic hydroxyl groups is 1. The van der Waals surface area contributed by atoms with Crippen molar-refractivity contribution < 1.29 is 9.90 Å². The summed E-state index contributed by atoms with van der Waals surface area (Å²) in [7, 11) is 0. The highest BCUT2D eigenvalue weighted by Gasteiger charge is 2.28. The minimum Gasteiger partial charge on any atom is -0.396 e. The number of piperidine rings is 1. The number of carbonyl (C=O) groups excluding carboxylic acids is 1. The zero-order valence-electron chi connectivity index (χ0n) is 13.6. The summed E-state index contributed by atoms with van der Waals surface area (Å²) in [4.78, 5) is 15.7. The number of thiophene rings is 1. The summed E-state index contributed by atoms with van der Waals surface area (Å²) in [5.41, 5.74) is 0. The summed E-state index contributed by atoms with van der Waals surface area (Å²) in [6.07, 6.45) is 4.10. The quantitative estimate of drug-likeness (QED) is 0.839. The molecule has 1 aromatic rings. The molecule has 2 unspecified atom stereocenters. The highest BCUT2D eigenvalue weighted by molar-refractivity contribution is 7.10. The molecule has 5 heteroatoms. The van der Waals surface area contributed by atoms with Gasteiger partial charge in [0, 0.05) is 24.6 Å². The number of aliphatic hydroxyl groups excluding tert-OH is 1. The van der Waals surface area contributed by atoms with Gasteiger partial charge < -0.3 is 15.3 Å². The average Bonchev–Trinajstić information content (AvgIpc) is 3.09. The van der Waals surface area contributed by atoms with Crippen molar-refractivity contribution >= 4 is 17.4 Å². The molecule has 1 aliphatic rings. The second kappa shape index (κ2) is 8.53. The van der Waals surface area contributed by atoms with Crippen LogP contribution in [0.1, 0.15) is 50.4 Å². The highest BCUT2D eigenvalue weighted by atomic mass is 32.1. The standard InChI is InChI=1S/C17H28N2O2S/c1-3-14(4-2)16(15-8-6-10-22-15)18-17(21)19-9-5-7-13(11-19)12-20/h6,8,10,13-14,16,20H,3-5,7,9,11-12H2,1-2H3,(H,18,21). The zero-order valence-corrected chi connectivity index (χ0v) is 14.4. The number of hydrogen-bond donors (Lipinski definition) is 2. The maximum atomic E-state index is 12.6. The summed E-state index contributed by atoms with van der Waals surface area (Å²) in [6.45, 7) is 6.00. The minimum absolute atomic E-state index is 0.0171. The van der Waals surface area contributed by atoms with Gasteiger partial charge in [-0.15, -0.1) is 11.3 Å². The van der Waals surface area contributed by atoms with E-state index in [4.69, 9.17) is 0 Å². The fourth-order valence-corrected chi connectivity index (χ4v) is 4.14. The van der Waals surface area contributed by atoms with Gasteiger partial charge in [0.15, 0.2) is 0 Å². The fraction of sp³-hybridized carbons (Fsp3) is 0.706. The molecule has 1 aliphatic heterocycles. The molecule has 1 fully saturated rings. The van der Waals surface area contributed by atoms with Crippen molar-refractivity contribution in [2.24, 2.45) is 11.8 Å². The van der Waals surface area contributed by atoms with Crippen LogP contribution in [0, 0.1) is 11.8 Å². The van der Waals surface area contributed by atoms with Crippen LogP contribution in [0.3, 0.4) is 0 Å². The van der Waals surface area contributed by atoms with E-state index in [1.807, 2.05) is 11.0 Å². The van der Waals surface area contributed by atoms with Gasteiger partial charge >= 0.3 is 6.03 Å². The first-order chi connectivity index (χ1) is 10.7. The van der Waals surface area contributed by atoms with E-state index in [9.17, 15) is 9.90 Å². The summed E-state index contributed by atoms with van der Waals surface area (Å²) in [5, 5.41) is 14.7. The van der Waals surface area contributed by atoms with Crippen molar-refractivity contribution in [1.82, 2.24) is 10.2 Å². The van der Waals surface area contributed by atoms with Crippen LogP contribution in [0.15, 0.2) is 17.5 Å². The maximum Gasteiger partial charge on any atom is 0.317 e. The lowest BCUT2D eigenvalue weighted by Crippen LogP contribution is -2.48. The molecule has 0 aliphatic carbocycles. The topological polar surface area (TPSA) is 52.6 Å². The van der Waals surface area contributed by atoms with E-state index in [-0.39, 0.29) is 24.6 Å². The Morgan fingerprint density at radius 2 is 2.27 bits per heavy atom. The Labute approximate surface area is 137 Å². The molecular weight excluding hydrogens is 296 g/mol. The van der Waals surface area contributed by atoms with Crippen molar-refractivity contribution in [3.63, 3.8) is 0 Å². The van der Waals surface area contributed by atoms with Crippen molar-refractivity contribution in [1.29, 1.82) is 0 Å². The van der Waals surface area contributed by atoms with Gasteiger partial charge in [0.25, 0.3) is 0 Å². The van der Waals surface area contributed by atoms with E-state index in [1.165, 1.54) is 4.88 Å². The summed E-state index contributed by atoms with van der Waals surface area (Å²) in [6, 6.07) is 4.27. The van der Waals surface area contributed by atoms with E-state index >= 15 is 0 Å². The van der Waals surface area contributed by atoms with E-state index in [1.54, 1.807) is 11.3 Å². The predicted octanol–water partition coefficient (Wildman–Crippen LogP) is 3.64. The molecule has 0 saturated carbocycles. The minimum atomic E-state index is 0.0171. The van der Waals surface area contributed by atoms with Crippen LogP contribution in [0.5, 0.6) is 0 Å². The van der Waals surface area contributed by atoms with Crippen molar-refractivity contribution in [2.45, 2.75) is 45.6 Å². The molecule has 0 aromatic carbocycles. The lowest BCUT2D eigenvalue weighted by molar-refractivity contribution is 0.126. The number of urea groups is 1. The van der Waals surface area contributed by atoms with Crippen LogP contribution in [-0.4, -0.2) is 35.7 Å². The van der Waals surface area contributed by atoms with Gasteiger partial charge in [-0.2, -0.15) is 0 Å². The zero-order chi connectivity index (χ0) is 15.9. The van der Waals surface area contributed by atoms with E-state index in [0.717, 1.165) is 32.2 Å². The summed E-state index contributed by atoms with van der Waals surface area (Å²) >= 11 is 1.71. The first kappa shape index (κ1) is 17.3. The second-order valence-electron chi connectivity index (χ2n) is 6.16. The molecule has 0 bridgehead atoms. The Bertz CT molecular complexity index is 446. The van der Waals surface area contributed by atoms with Gasteiger partial charge in [-0.25, -0.2) is 4.79 Å². The smallest absolute Gasteiger partial charge is 0.317 e. The summed E-state index contributed by atoms with van der Waals surface area (Å²) in [5.74, 6) is 0.689. The van der Waals surface area contributed by atoms with Crippen LogP contribution in [0.4, 0.5) is 4.79 Å². The molecule has 2 N–H and O–H groups in total. The Hall–Kier alpha value is -1.07. The van der Waals surface area contributed by atoms with Crippen molar-refractivity contribution in [3.05, 3.63) is 22.4 Å². The first-order valence-corrected chi connectivity index (χ1v) is 9.27. The van der Waals surface area contributed by atoms with Crippen LogP contribution in [-0.2, 0) is 0 Å². The van der Waals surface area contributed by atoms with Gasteiger partial charge in [0.2, 0.25) is 0 Å². The lowest BCUT2D eigenvalue weighted by Gasteiger charge is -2.34. The molecule has 2 amide bonds. The Balaban J connectivity index is 2.04. The third-order valence-corrected chi connectivity index (χ3v) is 5.67. The van der Waals surface area contributed by atoms with Gasteiger partial charge in [0.05, 0.1) is 6.04 Å². The van der Waals surface area contributed by atoms with Gasteiger partial charge in [-0.3, -0.25) is 0 Å². The number of nitrogens with one attached hydrogen (secondary N) is 1. The molecule has 22 heavy (non-hydrogen) atoms. The molecule has 0 radical (unpaired) electrons. The second-order valence-corrected chi connectivity index (χ2v) is 7.14. The number of rotatable bonds is 6. The number of carbonyl (C=O) groups is 1. The highest BCUT2D eigenvalue weighted by Crippen LogP contribution is 2.30. The van der Waals surface area contributed by atoms with E-state index in [0.29, 0.717) is 12.5 Å². The van der Waals surface area contributed by atoms with Crippen LogP contribution >= 0.6 is 11.3 Å². The van der Waals surface area contributed by atoms with Crippen LogP contribution < -0.4 is 5.32 Å². The molecule has 1 saturated heterocycles. The van der Waals surface area contributed by atoms with Gasteiger partial charge in [-0.05, 0) is 36.1 Å². The van der Waals surface area contributed by atoms with Gasteiger partial charge in [0.1, 0.15) is 0 Å². The molecule has 1 aromatic heterocycles. The normalized spacial score (nSPS) is 20.2. The predicted molar refractivity (Wildman–Crippen MR) is 91.0 cm³/mol. The van der Waals surface area contributed by atoms with Crippen molar-refractivity contribution in [2.75, 3.05) is 19.7 Å². The number of nitrogens with zero attached hydrogens (tertiary/aromatic N) is 1. The molecule has 2 rings (SSSR count).